The molecule has 1 amide bonds. The lowest BCUT2D eigenvalue weighted by molar-refractivity contribution is -0.111. The fraction of sp³-hybridized carbons (Fsp3) is 0.217. The van der Waals surface area contributed by atoms with E-state index in [1.54, 1.807) is 18.2 Å². The average Bonchev–Trinajstić information content (AvgIpc) is 2.73. The summed E-state index contributed by atoms with van der Waals surface area (Å²) in [5.41, 5.74) is 2.62. The molecule has 28 heavy (non-hydrogen) atoms. The number of anilines is 2. The van der Waals surface area contributed by atoms with Crippen LogP contribution in [0.5, 0.6) is 0 Å². The van der Waals surface area contributed by atoms with Crippen LogP contribution in [0, 0.1) is 0 Å². The summed E-state index contributed by atoms with van der Waals surface area (Å²) in [6.45, 7) is 2.15. The molecule has 0 spiro atoms. The van der Waals surface area contributed by atoms with Gasteiger partial charge in [-0.25, -0.2) is 4.98 Å². The Morgan fingerprint density at radius 3 is 2.57 bits per heavy atom. The average molecular weight is 392 g/mol. The van der Waals surface area contributed by atoms with Gasteiger partial charge in [0.05, 0.1) is 5.52 Å². The fourth-order valence-electron chi connectivity index (χ4n) is 3.42. The van der Waals surface area contributed by atoms with Crippen molar-refractivity contribution < 1.29 is 4.79 Å². The molecule has 142 valence electrons. The Morgan fingerprint density at radius 1 is 1.00 bits per heavy atom. The normalized spacial score (nSPS) is 14.5. The Balaban J connectivity index is 1.45. The molecule has 3 aromatic rings. The highest BCUT2D eigenvalue weighted by atomic mass is 35.5. The zero-order chi connectivity index (χ0) is 19.3. The predicted octanol–water partition coefficient (Wildman–Crippen LogP) is 5.53. The van der Waals surface area contributed by atoms with Crippen molar-refractivity contribution in [3.63, 3.8) is 0 Å². The summed E-state index contributed by atoms with van der Waals surface area (Å²) in [6, 6.07) is 17.3. The van der Waals surface area contributed by atoms with Crippen LogP contribution in [-0.4, -0.2) is 24.0 Å². The minimum Gasteiger partial charge on any atom is -0.357 e. The second kappa shape index (κ2) is 8.44. The second-order valence-electron chi connectivity index (χ2n) is 7.00. The van der Waals surface area contributed by atoms with Gasteiger partial charge in [0.2, 0.25) is 5.91 Å². The zero-order valence-corrected chi connectivity index (χ0v) is 16.3. The van der Waals surface area contributed by atoms with Crippen molar-refractivity contribution in [2.45, 2.75) is 19.3 Å². The van der Waals surface area contributed by atoms with Gasteiger partial charge in [-0.1, -0.05) is 23.7 Å². The van der Waals surface area contributed by atoms with Crippen molar-refractivity contribution >= 4 is 46.0 Å². The van der Waals surface area contributed by atoms with Gasteiger partial charge in [0, 0.05) is 35.3 Å². The number of aromatic nitrogens is 1. The summed E-state index contributed by atoms with van der Waals surface area (Å²) in [5.74, 6) is 0.863. The molecule has 0 aliphatic carbocycles. The lowest BCUT2D eigenvalue weighted by Gasteiger charge is -2.27. The number of nitrogens with zero attached hydrogens (tertiary/aromatic N) is 2. The van der Waals surface area contributed by atoms with Crippen LogP contribution >= 0.6 is 11.6 Å². The number of fused-ring (bicyclic) bond motifs is 1. The third-order valence-electron chi connectivity index (χ3n) is 4.92. The van der Waals surface area contributed by atoms with Crippen molar-refractivity contribution in [1.82, 2.24) is 4.98 Å². The number of piperidine rings is 1. The maximum absolute atomic E-state index is 12.2. The van der Waals surface area contributed by atoms with Gasteiger partial charge >= 0.3 is 0 Å². The second-order valence-corrected chi connectivity index (χ2v) is 7.44. The molecule has 1 saturated heterocycles. The van der Waals surface area contributed by atoms with Gasteiger partial charge in [-0.3, -0.25) is 4.79 Å². The maximum Gasteiger partial charge on any atom is 0.248 e. The number of amides is 1. The monoisotopic (exact) mass is 391 g/mol. The van der Waals surface area contributed by atoms with Crippen LogP contribution in [0.2, 0.25) is 5.02 Å². The first kappa shape index (κ1) is 18.5. The molecular formula is C23H22ClN3O. The van der Waals surface area contributed by atoms with Crippen LogP contribution in [0.1, 0.15) is 24.8 Å². The van der Waals surface area contributed by atoms with Crippen LogP contribution in [-0.2, 0) is 4.79 Å². The van der Waals surface area contributed by atoms with E-state index < -0.39 is 0 Å². The molecule has 2 aromatic carbocycles. The van der Waals surface area contributed by atoms with Gasteiger partial charge in [-0.15, -0.1) is 0 Å². The number of nitrogens with one attached hydrogen (secondary N) is 1. The molecule has 2 heterocycles. The molecule has 0 radical (unpaired) electrons. The molecule has 4 rings (SSSR count). The van der Waals surface area contributed by atoms with Gasteiger partial charge in [-0.2, -0.15) is 0 Å². The molecule has 1 aliphatic rings. The maximum atomic E-state index is 12.2. The number of halogens is 1. The minimum absolute atomic E-state index is 0.174. The van der Waals surface area contributed by atoms with Crippen molar-refractivity contribution in [3.05, 3.63) is 71.3 Å². The summed E-state index contributed by atoms with van der Waals surface area (Å²) in [4.78, 5) is 19.3. The van der Waals surface area contributed by atoms with E-state index in [1.165, 1.54) is 25.3 Å². The number of hydrogen-bond acceptors (Lipinski definition) is 3. The van der Waals surface area contributed by atoms with E-state index in [4.69, 9.17) is 16.6 Å². The quantitative estimate of drug-likeness (QED) is 0.594. The Labute approximate surface area is 169 Å². The number of pyridine rings is 1. The first-order valence-corrected chi connectivity index (χ1v) is 9.96. The predicted molar refractivity (Wildman–Crippen MR) is 117 cm³/mol. The zero-order valence-electron chi connectivity index (χ0n) is 15.6. The van der Waals surface area contributed by atoms with Crippen molar-refractivity contribution in [2.24, 2.45) is 0 Å². The Kier molecular flexibility index (Phi) is 5.58. The third kappa shape index (κ3) is 4.52. The van der Waals surface area contributed by atoms with Gasteiger partial charge in [0.15, 0.2) is 0 Å². The van der Waals surface area contributed by atoms with Gasteiger partial charge in [0.1, 0.15) is 5.82 Å². The number of benzene rings is 2. The lowest BCUT2D eigenvalue weighted by atomic mass is 10.1. The molecule has 5 heteroatoms. The standard InChI is InChI=1S/C23H22ClN3O/c24-19-8-4-17(5-9-19)6-13-23(28)25-20-10-11-21-18(16-20)7-12-22(26-21)27-14-2-1-3-15-27/h4-13,16H,1-3,14-15H2,(H,25,28)/b13-6+. The summed E-state index contributed by atoms with van der Waals surface area (Å²) >= 11 is 5.87. The highest BCUT2D eigenvalue weighted by Crippen LogP contribution is 2.23. The Bertz CT molecular complexity index is 1010. The van der Waals surface area contributed by atoms with E-state index in [0.29, 0.717) is 5.02 Å². The first-order valence-electron chi connectivity index (χ1n) is 9.58. The minimum atomic E-state index is -0.174. The first-order chi connectivity index (χ1) is 13.7. The largest absolute Gasteiger partial charge is 0.357 e. The van der Waals surface area contributed by atoms with Gasteiger partial charge in [-0.05, 0) is 73.4 Å². The van der Waals surface area contributed by atoms with Crippen LogP contribution in [0.4, 0.5) is 11.5 Å². The molecule has 0 bridgehead atoms. The van der Waals surface area contributed by atoms with E-state index in [0.717, 1.165) is 41.1 Å². The van der Waals surface area contributed by atoms with Crippen LogP contribution < -0.4 is 10.2 Å². The number of rotatable bonds is 4. The molecule has 4 nitrogen and oxygen atoms in total. The van der Waals surface area contributed by atoms with Crippen molar-refractivity contribution in [3.8, 4) is 0 Å². The molecule has 1 fully saturated rings. The Hall–Kier alpha value is -2.85. The van der Waals surface area contributed by atoms with Crippen LogP contribution in [0.15, 0.2) is 60.7 Å². The van der Waals surface area contributed by atoms with E-state index in [2.05, 4.69) is 22.3 Å². The lowest BCUT2D eigenvalue weighted by Crippen LogP contribution is -2.30. The molecule has 0 unspecified atom stereocenters. The molecule has 0 saturated carbocycles. The molecule has 1 aliphatic heterocycles. The van der Waals surface area contributed by atoms with Crippen molar-refractivity contribution in [1.29, 1.82) is 0 Å². The summed E-state index contributed by atoms with van der Waals surface area (Å²) in [5, 5.41) is 4.59. The van der Waals surface area contributed by atoms with Gasteiger partial charge in [0.25, 0.3) is 0 Å². The van der Waals surface area contributed by atoms with E-state index >= 15 is 0 Å². The van der Waals surface area contributed by atoms with E-state index in [9.17, 15) is 4.79 Å². The fourth-order valence-corrected chi connectivity index (χ4v) is 3.55. The highest BCUT2D eigenvalue weighted by Gasteiger charge is 2.12. The molecular weight excluding hydrogens is 370 g/mol. The number of carbonyl (C=O) groups excluding carboxylic acids is 1. The summed E-state index contributed by atoms with van der Waals surface area (Å²) in [7, 11) is 0. The highest BCUT2D eigenvalue weighted by molar-refractivity contribution is 6.30. The number of hydrogen-bond donors (Lipinski definition) is 1. The summed E-state index contributed by atoms with van der Waals surface area (Å²) in [6.07, 6.45) is 7.05. The third-order valence-corrected chi connectivity index (χ3v) is 5.17. The SMILES string of the molecule is O=C(/C=C/c1ccc(Cl)cc1)Nc1ccc2nc(N3CCCCC3)ccc2c1. The smallest absolute Gasteiger partial charge is 0.248 e. The molecule has 1 N–H and O–H groups in total. The van der Waals surface area contributed by atoms with E-state index in [-0.39, 0.29) is 5.91 Å². The number of carbonyl (C=O) groups is 1. The van der Waals surface area contributed by atoms with E-state index in [1.807, 2.05) is 30.3 Å². The van der Waals surface area contributed by atoms with Gasteiger partial charge < -0.3 is 10.2 Å². The molecule has 0 atom stereocenters. The summed E-state index contributed by atoms with van der Waals surface area (Å²) < 4.78 is 0. The molecule has 1 aromatic heterocycles. The topological polar surface area (TPSA) is 45.2 Å². The van der Waals surface area contributed by atoms with Crippen molar-refractivity contribution in [2.75, 3.05) is 23.3 Å². The van der Waals surface area contributed by atoms with Crippen LogP contribution in [0.25, 0.3) is 17.0 Å². The van der Waals surface area contributed by atoms with Crippen LogP contribution in [0.3, 0.4) is 0 Å². The Morgan fingerprint density at radius 2 is 1.79 bits per heavy atom.